The molecule has 1 aliphatic rings. The summed E-state index contributed by atoms with van der Waals surface area (Å²) in [5.41, 5.74) is 2.53. The third kappa shape index (κ3) is 4.12. The summed E-state index contributed by atoms with van der Waals surface area (Å²) >= 11 is 3.42. The van der Waals surface area contributed by atoms with Crippen LogP contribution in [0.4, 0.5) is 4.79 Å². The second-order valence-corrected chi connectivity index (χ2v) is 7.41. The first-order valence-electron chi connectivity index (χ1n) is 8.54. The zero-order valence-electron chi connectivity index (χ0n) is 15.7. The molecular formula is C20H23BrN2O3. The van der Waals surface area contributed by atoms with Gasteiger partial charge in [0.15, 0.2) is 0 Å². The largest absolute Gasteiger partial charge is 0.443 e. The fraction of sp³-hybridized carbons (Fsp3) is 0.350. The molecule has 26 heavy (non-hydrogen) atoms. The number of aromatic nitrogens is 1. The van der Waals surface area contributed by atoms with Crippen LogP contribution in [0.15, 0.2) is 41.1 Å². The highest BCUT2D eigenvalue weighted by atomic mass is 79.9. The number of nitrogens with zero attached hydrogens (tertiary/aromatic N) is 2. The molecule has 0 atom stereocenters. The second-order valence-electron chi connectivity index (χ2n) is 6.56. The fourth-order valence-corrected chi connectivity index (χ4v) is 3.19. The monoisotopic (exact) mass is 418 g/mol. The van der Waals surface area contributed by atoms with Crippen molar-refractivity contribution >= 4 is 27.9 Å². The van der Waals surface area contributed by atoms with Crippen LogP contribution in [-0.2, 0) is 11.3 Å². The van der Waals surface area contributed by atoms with Gasteiger partial charge in [-0.05, 0) is 71.6 Å². The number of halogens is 1. The van der Waals surface area contributed by atoms with Gasteiger partial charge in [0, 0.05) is 16.9 Å². The zero-order valence-corrected chi connectivity index (χ0v) is 17.3. The van der Waals surface area contributed by atoms with Crippen LogP contribution in [0.25, 0.3) is 11.1 Å². The molecule has 1 aromatic heterocycles. The molecule has 2 amide bonds. The van der Waals surface area contributed by atoms with Crippen molar-refractivity contribution in [2.75, 3.05) is 0 Å². The van der Waals surface area contributed by atoms with Crippen molar-refractivity contribution in [1.82, 2.24) is 9.88 Å². The lowest BCUT2D eigenvalue weighted by molar-refractivity contribution is 0.0248. The van der Waals surface area contributed by atoms with Gasteiger partial charge in [-0.2, -0.15) is 0 Å². The first kappa shape index (κ1) is 20.1. The Morgan fingerprint density at radius 2 is 1.77 bits per heavy atom. The molecule has 0 N–H and O–H groups in total. The highest BCUT2D eigenvalue weighted by molar-refractivity contribution is 9.10. The van der Waals surface area contributed by atoms with Gasteiger partial charge in [-0.25, -0.2) is 9.69 Å². The summed E-state index contributed by atoms with van der Waals surface area (Å²) in [6.45, 7) is 9.52. The van der Waals surface area contributed by atoms with E-state index in [0.29, 0.717) is 10.0 Å². The Bertz CT molecular complexity index is 814. The quantitative estimate of drug-likeness (QED) is 0.619. The minimum atomic E-state index is -0.655. The van der Waals surface area contributed by atoms with Crippen LogP contribution >= 0.6 is 15.9 Å². The number of carbonyl (C=O) groups excluding carboxylic acids is 2. The zero-order chi connectivity index (χ0) is 19.5. The third-order valence-electron chi connectivity index (χ3n) is 3.64. The number of pyridine rings is 1. The van der Waals surface area contributed by atoms with E-state index in [0.717, 1.165) is 21.6 Å². The van der Waals surface area contributed by atoms with E-state index in [-0.39, 0.29) is 12.5 Å². The van der Waals surface area contributed by atoms with E-state index >= 15 is 0 Å². The van der Waals surface area contributed by atoms with Crippen molar-refractivity contribution in [3.8, 4) is 11.1 Å². The first-order valence-corrected chi connectivity index (χ1v) is 9.34. The molecule has 0 unspecified atom stereocenters. The molecule has 0 aliphatic carbocycles. The lowest BCUT2D eigenvalue weighted by Crippen LogP contribution is -2.36. The molecule has 0 spiro atoms. The molecule has 6 heteroatoms. The van der Waals surface area contributed by atoms with Crippen LogP contribution < -0.4 is 0 Å². The van der Waals surface area contributed by atoms with Crippen LogP contribution in [0.5, 0.6) is 0 Å². The number of hydrogen-bond acceptors (Lipinski definition) is 4. The maximum Gasteiger partial charge on any atom is 0.417 e. The van der Waals surface area contributed by atoms with Crippen LogP contribution in [0.2, 0.25) is 0 Å². The molecule has 3 rings (SSSR count). The Balaban J connectivity index is 0.00000117. The first-order chi connectivity index (χ1) is 12.3. The molecule has 1 aliphatic heterocycles. The fourth-order valence-electron chi connectivity index (χ4n) is 2.65. The Labute approximate surface area is 162 Å². The topological polar surface area (TPSA) is 59.5 Å². The molecule has 0 fully saturated rings. The minimum Gasteiger partial charge on any atom is -0.443 e. The summed E-state index contributed by atoms with van der Waals surface area (Å²) in [6, 6.07) is 7.52. The van der Waals surface area contributed by atoms with E-state index in [1.165, 1.54) is 0 Å². The third-order valence-corrected chi connectivity index (χ3v) is 4.30. The van der Waals surface area contributed by atoms with Gasteiger partial charge >= 0.3 is 6.09 Å². The van der Waals surface area contributed by atoms with Gasteiger partial charge in [0.1, 0.15) is 5.60 Å². The standard InChI is InChI=1S/C18H17BrN2O3.C2H6/c1-18(2,3)24-17(23)21-10-13-12(11-6-8-20-9-7-11)4-5-14(19)15(13)16(21)22;1-2/h4-9H,10H2,1-3H3;1-2H3. The van der Waals surface area contributed by atoms with E-state index in [4.69, 9.17) is 4.74 Å². The van der Waals surface area contributed by atoms with Gasteiger partial charge < -0.3 is 4.74 Å². The smallest absolute Gasteiger partial charge is 0.417 e. The van der Waals surface area contributed by atoms with Crippen molar-refractivity contribution in [3.05, 3.63) is 52.3 Å². The van der Waals surface area contributed by atoms with Gasteiger partial charge in [0.05, 0.1) is 12.1 Å². The molecule has 138 valence electrons. The number of amides is 2. The number of hydrogen-bond donors (Lipinski definition) is 0. The van der Waals surface area contributed by atoms with Gasteiger partial charge in [-0.1, -0.05) is 19.9 Å². The summed E-state index contributed by atoms with van der Waals surface area (Å²) in [6.07, 6.45) is 2.77. The number of rotatable bonds is 1. The number of benzene rings is 1. The van der Waals surface area contributed by atoms with E-state index in [9.17, 15) is 9.59 Å². The van der Waals surface area contributed by atoms with E-state index in [1.54, 1.807) is 33.2 Å². The molecule has 0 saturated heterocycles. The average Bonchev–Trinajstić information content (AvgIpc) is 2.95. The van der Waals surface area contributed by atoms with E-state index < -0.39 is 11.7 Å². The number of imide groups is 1. The SMILES string of the molecule is CC.CC(C)(C)OC(=O)N1Cc2c(-c3ccncc3)ccc(Br)c2C1=O. The average molecular weight is 419 g/mol. The minimum absolute atomic E-state index is 0.195. The molecule has 1 aromatic carbocycles. The Kier molecular flexibility index (Phi) is 6.18. The maximum atomic E-state index is 12.7. The predicted octanol–water partition coefficient (Wildman–Crippen LogP) is 5.43. The second kappa shape index (κ2) is 7.99. The highest BCUT2D eigenvalue weighted by Crippen LogP contribution is 2.37. The molecular weight excluding hydrogens is 396 g/mol. The van der Waals surface area contributed by atoms with Crippen LogP contribution in [0.3, 0.4) is 0 Å². The molecule has 2 aromatic rings. The number of ether oxygens (including phenoxy) is 1. The molecule has 0 radical (unpaired) electrons. The van der Waals surface area contributed by atoms with Crippen LogP contribution in [0.1, 0.15) is 50.5 Å². The summed E-state index contributed by atoms with van der Waals surface area (Å²) in [5.74, 6) is -0.345. The lowest BCUT2D eigenvalue weighted by atomic mass is 9.98. The molecule has 0 bridgehead atoms. The Morgan fingerprint density at radius 3 is 2.35 bits per heavy atom. The van der Waals surface area contributed by atoms with Gasteiger partial charge in [-0.15, -0.1) is 0 Å². The number of fused-ring (bicyclic) bond motifs is 1. The lowest BCUT2D eigenvalue weighted by Gasteiger charge is -2.23. The summed E-state index contributed by atoms with van der Waals surface area (Å²) in [7, 11) is 0. The Hall–Kier alpha value is -2.21. The van der Waals surface area contributed by atoms with Gasteiger partial charge in [-0.3, -0.25) is 9.78 Å². The van der Waals surface area contributed by atoms with Crippen molar-refractivity contribution in [3.63, 3.8) is 0 Å². The highest BCUT2D eigenvalue weighted by Gasteiger charge is 2.37. The predicted molar refractivity (Wildman–Crippen MR) is 105 cm³/mol. The summed E-state index contributed by atoms with van der Waals surface area (Å²) < 4.78 is 6.02. The van der Waals surface area contributed by atoms with Crippen molar-refractivity contribution < 1.29 is 14.3 Å². The maximum absolute atomic E-state index is 12.7. The van der Waals surface area contributed by atoms with Crippen molar-refractivity contribution in [1.29, 1.82) is 0 Å². The molecule has 0 saturated carbocycles. The molecule has 5 nitrogen and oxygen atoms in total. The summed E-state index contributed by atoms with van der Waals surface area (Å²) in [5, 5.41) is 0. The van der Waals surface area contributed by atoms with Crippen LogP contribution in [0, 0.1) is 0 Å². The Morgan fingerprint density at radius 1 is 1.15 bits per heavy atom. The van der Waals surface area contributed by atoms with E-state index in [1.807, 2.05) is 38.1 Å². The van der Waals surface area contributed by atoms with E-state index in [2.05, 4.69) is 20.9 Å². The van der Waals surface area contributed by atoms with Gasteiger partial charge in [0.2, 0.25) is 0 Å². The van der Waals surface area contributed by atoms with Crippen LogP contribution in [-0.4, -0.2) is 27.5 Å². The number of carbonyl (C=O) groups is 2. The van der Waals surface area contributed by atoms with Crippen molar-refractivity contribution in [2.24, 2.45) is 0 Å². The summed E-state index contributed by atoms with van der Waals surface area (Å²) in [4.78, 5) is 30.2. The normalized spacial score (nSPS) is 13.0. The van der Waals surface area contributed by atoms with Crippen molar-refractivity contribution in [2.45, 2.75) is 46.8 Å². The molecule has 2 heterocycles. The van der Waals surface area contributed by atoms with Gasteiger partial charge in [0.25, 0.3) is 5.91 Å².